The molecule has 0 spiro atoms. The number of aromatic nitrogens is 1. The Morgan fingerprint density at radius 1 is 1.25 bits per heavy atom. The highest BCUT2D eigenvalue weighted by Crippen LogP contribution is 2.36. The summed E-state index contributed by atoms with van der Waals surface area (Å²) < 4.78 is 48.6. The van der Waals surface area contributed by atoms with Crippen LogP contribution in [-0.4, -0.2) is 21.6 Å². The number of thiol groups is 1. The summed E-state index contributed by atoms with van der Waals surface area (Å²) in [5.74, 6) is -1.49. The summed E-state index contributed by atoms with van der Waals surface area (Å²) in [5, 5.41) is 9.35. The van der Waals surface area contributed by atoms with Gasteiger partial charge >= 0.3 is 11.5 Å². The first-order chi connectivity index (χ1) is 13.0. The topological polar surface area (TPSA) is 53.1 Å². The maximum Gasteiger partial charge on any atom is 0.446 e. The Morgan fingerprint density at radius 3 is 2.39 bits per heavy atom. The van der Waals surface area contributed by atoms with E-state index in [1.807, 2.05) is 0 Å². The van der Waals surface area contributed by atoms with Crippen LogP contribution in [-0.2, 0) is 11.2 Å². The minimum Gasteiger partial charge on any atom is -0.481 e. The summed E-state index contributed by atoms with van der Waals surface area (Å²) in [6.45, 7) is 1.75. The van der Waals surface area contributed by atoms with Crippen LogP contribution >= 0.6 is 36.0 Å². The fourth-order valence-corrected chi connectivity index (χ4v) is 3.26. The molecule has 150 valence electrons. The lowest BCUT2D eigenvalue weighted by molar-refractivity contribution is -0.136. The number of aromatic amines is 1. The SMILES string of the molecule is Cc1[nH]c2cc(Cl)c(F)cc2c1CC(=O)O.FC(F)(F)Sc1ccc(S)cc1. The number of aliphatic carboxylic acids is 1. The molecule has 0 aliphatic rings. The van der Waals surface area contributed by atoms with Crippen LogP contribution in [0.2, 0.25) is 5.02 Å². The van der Waals surface area contributed by atoms with Crippen molar-refractivity contribution in [3.8, 4) is 0 Å². The Morgan fingerprint density at radius 2 is 1.86 bits per heavy atom. The Balaban J connectivity index is 0.000000209. The lowest BCUT2D eigenvalue weighted by Gasteiger charge is -2.04. The zero-order chi connectivity index (χ0) is 21.1. The van der Waals surface area contributed by atoms with E-state index in [2.05, 4.69) is 17.6 Å². The molecule has 1 aromatic heterocycles. The molecule has 0 bridgehead atoms. The van der Waals surface area contributed by atoms with Gasteiger partial charge < -0.3 is 10.1 Å². The van der Waals surface area contributed by atoms with Gasteiger partial charge in [0.15, 0.2) is 0 Å². The van der Waals surface area contributed by atoms with Gasteiger partial charge in [-0.15, -0.1) is 12.6 Å². The summed E-state index contributed by atoms with van der Waals surface area (Å²) >= 11 is 9.47. The molecule has 0 aliphatic carbocycles. The van der Waals surface area contributed by atoms with Crippen LogP contribution in [0.15, 0.2) is 46.2 Å². The van der Waals surface area contributed by atoms with E-state index < -0.39 is 17.3 Å². The van der Waals surface area contributed by atoms with E-state index in [4.69, 9.17) is 16.7 Å². The summed E-state index contributed by atoms with van der Waals surface area (Å²) in [5.41, 5.74) is -2.24. The lowest BCUT2D eigenvalue weighted by atomic mass is 10.1. The van der Waals surface area contributed by atoms with E-state index in [0.29, 0.717) is 21.4 Å². The van der Waals surface area contributed by atoms with Crippen molar-refractivity contribution in [3.05, 3.63) is 58.5 Å². The molecule has 0 aliphatic heterocycles. The van der Waals surface area contributed by atoms with Crippen molar-refractivity contribution >= 4 is 52.9 Å². The molecule has 2 aromatic carbocycles. The molecule has 28 heavy (non-hydrogen) atoms. The number of alkyl halides is 3. The molecule has 10 heteroatoms. The monoisotopic (exact) mass is 451 g/mol. The van der Waals surface area contributed by atoms with Crippen LogP contribution in [0.25, 0.3) is 10.9 Å². The number of thioether (sulfide) groups is 1. The third-order valence-corrected chi connectivity index (χ3v) is 4.89. The predicted molar refractivity (Wildman–Crippen MR) is 105 cm³/mol. The van der Waals surface area contributed by atoms with Gasteiger partial charge in [-0.3, -0.25) is 4.79 Å². The van der Waals surface area contributed by atoms with Crippen molar-refractivity contribution in [3.63, 3.8) is 0 Å². The number of halogens is 5. The van der Waals surface area contributed by atoms with Crippen LogP contribution in [0.4, 0.5) is 17.6 Å². The van der Waals surface area contributed by atoms with E-state index >= 15 is 0 Å². The number of hydrogen-bond donors (Lipinski definition) is 3. The second-order valence-corrected chi connectivity index (χ2v) is 7.71. The molecular formula is C18H14ClF4NO2S2. The molecular weight excluding hydrogens is 438 g/mol. The Bertz CT molecular complexity index is 988. The summed E-state index contributed by atoms with van der Waals surface area (Å²) in [7, 11) is 0. The maximum atomic E-state index is 13.3. The average molecular weight is 452 g/mol. The van der Waals surface area contributed by atoms with Crippen LogP contribution in [0.3, 0.4) is 0 Å². The summed E-state index contributed by atoms with van der Waals surface area (Å²) in [6.07, 6.45) is -0.132. The van der Waals surface area contributed by atoms with Crippen molar-refractivity contribution in [1.82, 2.24) is 4.98 Å². The Kier molecular flexibility index (Phi) is 7.30. The molecule has 0 saturated heterocycles. The normalized spacial score (nSPS) is 11.2. The number of carboxylic acid groups (broad SMARTS) is 1. The molecule has 3 rings (SSSR count). The van der Waals surface area contributed by atoms with Crippen molar-refractivity contribution < 1.29 is 27.5 Å². The van der Waals surface area contributed by atoms with E-state index in [0.717, 1.165) is 5.69 Å². The molecule has 0 amide bonds. The predicted octanol–water partition coefficient (Wildman–Crippen LogP) is 6.48. The standard InChI is InChI=1S/C11H9ClFNO2.C7H5F3S2/c1-5-6(3-11(15)16)7-2-9(13)8(12)4-10(7)14-5;8-7(9,10)12-6-3-1-5(11)2-4-6/h2,4,14H,3H2,1H3,(H,15,16);1-4,11H. The van der Waals surface area contributed by atoms with Gasteiger partial charge in [-0.25, -0.2) is 4.39 Å². The molecule has 0 radical (unpaired) electrons. The molecule has 0 atom stereocenters. The number of hydrogen-bond acceptors (Lipinski definition) is 3. The number of nitrogens with one attached hydrogen (secondary N) is 1. The van der Waals surface area contributed by atoms with E-state index in [9.17, 15) is 22.4 Å². The van der Waals surface area contributed by atoms with Crippen molar-refractivity contribution in [2.45, 2.75) is 28.6 Å². The van der Waals surface area contributed by atoms with Crippen LogP contribution in [0.5, 0.6) is 0 Å². The molecule has 0 unspecified atom stereocenters. The van der Waals surface area contributed by atoms with Crippen LogP contribution in [0, 0.1) is 12.7 Å². The second-order valence-electron chi connectivity index (χ2n) is 5.65. The van der Waals surface area contributed by atoms with Crippen LogP contribution in [0.1, 0.15) is 11.3 Å². The van der Waals surface area contributed by atoms with E-state index in [1.165, 1.54) is 36.4 Å². The fraction of sp³-hybridized carbons (Fsp3) is 0.167. The van der Waals surface area contributed by atoms with Crippen LogP contribution < -0.4 is 0 Å². The number of rotatable bonds is 3. The highest BCUT2D eigenvalue weighted by molar-refractivity contribution is 8.00. The average Bonchev–Trinajstić information content (AvgIpc) is 2.84. The van der Waals surface area contributed by atoms with Gasteiger partial charge in [0.1, 0.15) is 5.82 Å². The number of H-pyrrole nitrogens is 1. The molecule has 1 heterocycles. The van der Waals surface area contributed by atoms with Gasteiger partial charge in [0, 0.05) is 26.4 Å². The molecule has 3 aromatic rings. The molecule has 3 nitrogen and oxygen atoms in total. The third kappa shape index (κ3) is 6.35. The first-order valence-electron chi connectivity index (χ1n) is 7.69. The number of carboxylic acids is 1. The molecule has 0 fully saturated rings. The minimum atomic E-state index is -4.21. The minimum absolute atomic E-state index is 0.0237. The van der Waals surface area contributed by atoms with E-state index in [-0.39, 0.29) is 28.1 Å². The number of carbonyl (C=O) groups is 1. The number of benzene rings is 2. The largest absolute Gasteiger partial charge is 0.481 e. The zero-order valence-electron chi connectivity index (χ0n) is 14.3. The van der Waals surface area contributed by atoms with Gasteiger partial charge in [0.05, 0.1) is 11.4 Å². The lowest BCUT2D eigenvalue weighted by Crippen LogP contribution is -2.00. The van der Waals surface area contributed by atoms with E-state index in [1.54, 1.807) is 6.92 Å². The third-order valence-electron chi connectivity index (χ3n) is 3.56. The first kappa shape index (κ1) is 22.4. The molecule has 0 saturated carbocycles. The summed E-state index contributed by atoms with van der Waals surface area (Å²) in [6, 6.07) is 8.55. The maximum absolute atomic E-state index is 13.3. The molecule has 2 N–H and O–H groups in total. The van der Waals surface area contributed by atoms with Crippen molar-refractivity contribution in [2.75, 3.05) is 0 Å². The fourth-order valence-electron chi connectivity index (χ4n) is 2.41. The van der Waals surface area contributed by atoms with Crippen molar-refractivity contribution in [2.24, 2.45) is 0 Å². The zero-order valence-corrected chi connectivity index (χ0v) is 16.7. The highest BCUT2D eigenvalue weighted by atomic mass is 35.5. The Labute approximate surface area is 172 Å². The second kappa shape index (κ2) is 9.11. The summed E-state index contributed by atoms with van der Waals surface area (Å²) in [4.78, 5) is 14.5. The van der Waals surface area contributed by atoms with Gasteiger partial charge in [-0.2, -0.15) is 13.2 Å². The van der Waals surface area contributed by atoms with Gasteiger partial charge in [-0.05, 0) is 60.6 Å². The Hall–Kier alpha value is -1.84. The number of aryl methyl sites for hydroxylation is 1. The smallest absolute Gasteiger partial charge is 0.446 e. The highest BCUT2D eigenvalue weighted by Gasteiger charge is 2.28. The van der Waals surface area contributed by atoms with Gasteiger partial charge in [-0.1, -0.05) is 11.6 Å². The number of fused-ring (bicyclic) bond motifs is 1. The van der Waals surface area contributed by atoms with Gasteiger partial charge in [0.25, 0.3) is 0 Å². The van der Waals surface area contributed by atoms with Gasteiger partial charge in [0.2, 0.25) is 0 Å². The quantitative estimate of drug-likeness (QED) is 0.242. The first-order valence-corrected chi connectivity index (χ1v) is 9.33. The van der Waals surface area contributed by atoms with Crippen molar-refractivity contribution in [1.29, 1.82) is 0 Å².